The first-order valence-electron chi connectivity index (χ1n) is 7.45. The summed E-state index contributed by atoms with van der Waals surface area (Å²) in [5.74, 6) is -1.32. The van der Waals surface area contributed by atoms with E-state index in [1.54, 1.807) is 6.08 Å². The van der Waals surface area contributed by atoms with E-state index in [1.165, 1.54) is 24.3 Å². The molecular formula is C18H16ClNO5S. The molecule has 2 aromatic rings. The number of ether oxygens (including phenoxy) is 1. The Morgan fingerprint density at radius 2 is 1.85 bits per heavy atom. The highest BCUT2D eigenvalue weighted by Crippen LogP contribution is 2.25. The highest BCUT2D eigenvalue weighted by atomic mass is 35.5. The van der Waals surface area contributed by atoms with Gasteiger partial charge in [0.1, 0.15) is 0 Å². The number of anilines is 1. The largest absolute Gasteiger partial charge is 0.452 e. The Balaban J connectivity index is 1.93. The second-order valence-electron chi connectivity index (χ2n) is 5.31. The summed E-state index contributed by atoms with van der Waals surface area (Å²) < 4.78 is 27.9. The van der Waals surface area contributed by atoms with Gasteiger partial charge in [-0.15, -0.1) is 0 Å². The van der Waals surface area contributed by atoms with Gasteiger partial charge >= 0.3 is 5.97 Å². The number of carbonyl (C=O) groups is 2. The molecule has 0 heterocycles. The molecule has 26 heavy (non-hydrogen) atoms. The lowest BCUT2D eigenvalue weighted by molar-refractivity contribution is -0.142. The van der Waals surface area contributed by atoms with Crippen LogP contribution in [-0.4, -0.2) is 33.2 Å². The number of carbonyl (C=O) groups excluding carboxylic acids is 2. The van der Waals surface area contributed by atoms with Crippen molar-refractivity contribution in [3.63, 3.8) is 0 Å². The Morgan fingerprint density at radius 1 is 1.15 bits per heavy atom. The van der Waals surface area contributed by atoms with Crippen LogP contribution in [0.15, 0.2) is 59.5 Å². The van der Waals surface area contributed by atoms with Crippen LogP contribution in [0.4, 0.5) is 5.69 Å². The average molecular weight is 394 g/mol. The van der Waals surface area contributed by atoms with Crippen LogP contribution in [0, 0.1) is 0 Å². The lowest BCUT2D eigenvalue weighted by Crippen LogP contribution is -2.20. The lowest BCUT2D eigenvalue weighted by Gasteiger charge is -2.09. The molecule has 2 aromatic carbocycles. The average Bonchev–Trinajstić information content (AvgIpc) is 2.60. The molecule has 0 saturated carbocycles. The van der Waals surface area contributed by atoms with Crippen molar-refractivity contribution in [2.75, 3.05) is 18.2 Å². The van der Waals surface area contributed by atoms with Crippen LogP contribution in [-0.2, 0) is 24.2 Å². The molecular weight excluding hydrogens is 378 g/mol. The first kappa shape index (κ1) is 19.7. The van der Waals surface area contributed by atoms with Crippen molar-refractivity contribution in [3.8, 4) is 0 Å². The molecule has 0 aliphatic heterocycles. The molecule has 0 aliphatic rings. The fraction of sp³-hybridized carbons (Fsp3) is 0.111. The molecule has 1 amide bonds. The van der Waals surface area contributed by atoms with Crippen molar-refractivity contribution in [1.29, 1.82) is 0 Å². The van der Waals surface area contributed by atoms with Gasteiger partial charge in [0.05, 0.1) is 15.6 Å². The number of hydrogen-bond acceptors (Lipinski definition) is 5. The number of halogens is 1. The van der Waals surface area contributed by atoms with E-state index < -0.39 is 28.3 Å². The van der Waals surface area contributed by atoms with E-state index in [-0.39, 0.29) is 15.6 Å². The maximum Gasteiger partial charge on any atom is 0.331 e. The lowest BCUT2D eigenvalue weighted by atomic mass is 10.2. The predicted octanol–water partition coefficient (Wildman–Crippen LogP) is 2.94. The van der Waals surface area contributed by atoms with Gasteiger partial charge in [0.25, 0.3) is 5.91 Å². The van der Waals surface area contributed by atoms with Crippen LogP contribution in [0.25, 0.3) is 6.08 Å². The zero-order valence-corrected chi connectivity index (χ0v) is 15.4. The molecule has 0 saturated heterocycles. The number of esters is 1. The Hall–Kier alpha value is -2.64. The normalized spacial score (nSPS) is 11.3. The van der Waals surface area contributed by atoms with Crippen molar-refractivity contribution in [1.82, 2.24) is 0 Å². The van der Waals surface area contributed by atoms with E-state index in [9.17, 15) is 18.0 Å². The van der Waals surface area contributed by atoms with Crippen molar-refractivity contribution in [2.45, 2.75) is 4.90 Å². The number of sulfone groups is 1. The van der Waals surface area contributed by atoms with Crippen LogP contribution in [0.5, 0.6) is 0 Å². The predicted molar refractivity (Wildman–Crippen MR) is 99.6 cm³/mol. The highest BCUT2D eigenvalue weighted by molar-refractivity contribution is 7.90. The molecule has 0 radical (unpaired) electrons. The molecule has 0 spiro atoms. The minimum Gasteiger partial charge on any atom is -0.452 e. The van der Waals surface area contributed by atoms with Crippen molar-refractivity contribution >= 4 is 45.1 Å². The maximum absolute atomic E-state index is 11.9. The van der Waals surface area contributed by atoms with E-state index in [4.69, 9.17) is 16.3 Å². The van der Waals surface area contributed by atoms with Gasteiger partial charge in [-0.25, -0.2) is 13.2 Å². The molecule has 2 rings (SSSR count). The minimum atomic E-state index is -3.44. The summed E-state index contributed by atoms with van der Waals surface area (Å²) in [6, 6.07) is 13.1. The van der Waals surface area contributed by atoms with Crippen LogP contribution in [0.3, 0.4) is 0 Å². The molecule has 0 unspecified atom stereocenters. The summed E-state index contributed by atoms with van der Waals surface area (Å²) in [6.07, 6.45) is 3.81. The zero-order valence-electron chi connectivity index (χ0n) is 13.8. The number of nitrogens with one attached hydrogen (secondary N) is 1. The summed E-state index contributed by atoms with van der Waals surface area (Å²) in [7, 11) is -3.44. The third-order valence-electron chi connectivity index (χ3n) is 3.20. The van der Waals surface area contributed by atoms with Crippen molar-refractivity contribution in [3.05, 3.63) is 65.2 Å². The summed E-state index contributed by atoms with van der Waals surface area (Å²) >= 11 is 5.94. The van der Waals surface area contributed by atoms with Gasteiger partial charge in [-0.2, -0.15) is 0 Å². The standard InChI is InChI=1S/C18H16ClNO5S/c1-26(23,24)14-8-9-15(19)16(11-14)20-17(21)12-25-18(22)10-7-13-5-3-2-4-6-13/h2-11H,12H2,1H3,(H,20,21)/b10-7+. The summed E-state index contributed by atoms with van der Waals surface area (Å²) in [6.45, 7) is -0.530. The molecule has 0 aliphatic carbocycles. The fourth-order valence-electron chi connectivity index (χ4n) is 1.93. The number of rotatable bonds is 6. The Bertz CT molecular complexity index is 939. The zero-order chi connectivity index (χ0) is 19.2. The van der Waals surface area contributed by atoms with Gasteiger partial charge in [-0.3, -0.25) is 4.79 Å². The Kier molecular flexibility index (Phi) is 6.54. The second kappa shape index (κ2) is 8.64. The first-order chi connectivity index (χ1) is 12.3. The van der Waals surface area contributed by atoms with E-state index in [0.717, 1.165) is 11.8 Å². The van der Waals surface area contributed by atoms with Crippen LogP contribution in [0.2, 0.25) is 5.02 Å². The summed E-state index contributed by atoms with van der Waals surface area (Å²) in [4.78, 5) is 23.5. The van der Waals surface area contributed by atoms with Gasteiger partial charge in [-0.05, 0) is 29.8 Å². The quantitative estimate of drug-likeness (QED) is 0.602. The molecule has 0 fully saturated rings. The molecule has 8 heteroatoms. The third-order valence-corrected chi connectivity index (χ3v) is 4.64. The second-order valence-corrected chi connectivity index (χ2v) is 7.74. The highest BCUT2D eigenvalue weighted by Gasteiger charge is 2.13. The van der Waals surface area contributed by atoms with Gasteiger partial charge in [0.2, 0.25) is 0 Å². The topological polar surface area (TPSA) is 89.5 Å². The van der Waals surface area contributed by atoms with E-state index in [1.807, 2.05) is 30.3 Å². The van der Waals surface area contributed by atoms with E-state index in [2.05, 4.69) is 5.32 Å². The maximum atomic E-state index is 11.9. The number of benzene rings is 2. The van der Waals surface area contributed by atoms with E-state index in [0.29, 0.717) is 0 Å². The van der Waals surface area contributed by atoms with Crippen molar-refractivity contribution in [2.24, 2.45) is 0 Å². The molecule has 136 valence electrons. The first-order valence-corrected chi connectivity index (χ1v) is 9.72. The third kappa shape index (κ3) is 6.02. The van der Waals surface area contributed by atoms with Gasteiger partial charge < -0.3 is 10.1 Å². The van der Waals surface area contributed by atoms with Crippen molar-refractivity contribution < 1.29 is 22.7 Å². The monoisotopic (exact) mass is 393 g/mol. The van der Waals surface area contributed by atoms with Gasteiger partial charge in [0.15, 0.2) is 16.4 Å². The molecule has 0 atom stereocenters. The van der Waals surface area contributed by atoms with Crippen LogP contribution < -0.4 is 5.32 Å². The summed E-state index contributed by atoms with van der Waals surface area (Å²) in [5, 5.41) is 2.58. The molecule has 6 nitrogen and oxygen atoms in total. The van der Waals surface area contributed by atoms with E-state index >= 15 is 0 Å². The van der Waals surface area contributed by atoms with Crippen LogP contribution in [0.1, 0.15) is 5.56 Å². The molecule has 1 N–H and O–H groups in total. The molecule has 0 aromatic heterocycles. The van der Waals surface area contributed by atoms with Crippen LogP contribution >= 0.6 is 11.6 Å². The van der Waals surface area contributed by atoms with Gasteiger partial charge in [-0.1, -0.05) is 41.9 Å². The summed E-state index contributed by atoms with van der Waals surface area (Å²) in [5.41, 5.74) is 0.939. The Labute approximate surface area is 156 Å². The number of amides is 1. The SMILES string of the molecule is CS(=O)(=O)c1ccc(Cl)c(NC(=O)COC(=O)/C=C/c2ccccc2)c1. The fourth-order valence-corrected chi connectivity index (χ4v) is 2.74. The molecule has 0 bridgehead atoms. The minimum absolute atomic E-state index is 0.0139. The Morgan fingerprint density at radius 3 is 2.50 bits per heavy atom. The smallest absolute Gasteiger partial charge is 0.331 e. The number of hydrogen-bond donors (Lipinski definition) is 1. The van der Waals surface area contributed by atoms with Gasteiger partial charge in [0, 0.05) is 12.3 Å².